The first-order valence-corrected chi connectivity index (χ1v) is 8.69. The molecule has 1 N–H and O–H groups in total. The highest BCUT2D eigenvalue weighted by atomic mass is 35.5. The molecule has 1 aromatic heterocycles. The lowest BCUT2D eigenvalue weighted by Gasteiger charge is -2.32. The SMILES string of the molecule is COc1cc(CNC[C@@H]2CCCO[C@H]2c2ccnn2C)ccc1Cl. The Hall–Kier alpha value is -1.56. The van der Waals surface area contributed by atoms with E-state index in [4.69, 9.17) is 21.1 Å². The molecule has 1 aliphatic heterocycles. The van der Waals surface area contributed by atoms with Crippen molar-refractivity contribution < 1.29 is 9.47 Å². The van der Waals surface area contributed by atoms with Crippen molar-refractivity contribution in [2.24, 2.45) is 13.0 Å². The smallest absolute Gasteiger partial charge is 0.137 e. The van der Waals surface area contributed by atoms with Crippen LogP contribution in [0.1, 0.15) is 30.2 Å². The Labute approximate surface area is 147 Å². The summed E-state index contributed by atoms with van der Waals surface area (Å²) in [5.74, 6) is 1.16. The van der Waals surface area contributed by atoms with Crippen LogP contribution in [0.2, 0.25) is 5.02 Å². The van der Waals surface area contributed by atoms with E-state index in [-0.39, 0.29) is 6.10 Å². The van der Waals surface area contributed by atoms with Gasteiger partial charge in [-0.25, -0.2) is 0 Å². The number of methoxy groups -OCH3 is 1. The van der Waals surface area contributed by atoms with Gasteiger partial charge in [-0.1, -0.05) is 17.7 Å². The first-order valence-electron chi connectivity index (χ1n) is 8.31. The van der Waals surface area contributed by atoms with Crippen LogP contribution in [0.3, 0.4) is 0 Å². The van der Waals surface area contributed by atoms with Crippen molar-refractivity contribution in [3.05, 3.63) is 46.7 Å². The lowest BCUT2D eigenvalue weighted by Crippen LogP contribution is -2.32. The van der Waals surface area contributed by atoms with Crippen LogP contribution >= 0.6 is 11.6 Å². The van der Waals surface area contributed by atoms with Gasteiger partial charge in [-0.3, -0.25) is 4.68 Å². The molecule has 1 aliphatic rings. The van der Waals surface area contributed by atoms with Gasteiger partial charge in [-0.15, -0.1) is 0 Å². The fraction of sp³-hybridized carbons (Fsp3) is 0.500. The fourth-order valence-corrected chi connectivity index (χ4v) is 3.45. The molecule has 1 fully saturated rings. The topological polar surface area (TPSA) is 48.3 Å². The van der Waals surface area contributed by atoms with Crippen LogP contribution in [-0.4, -0.2) is 30.0 Å². The second kappa shape index (κ2) is 8.01. The lowest BCUT2D eigenvalue weighted by atomic mass is 9.92. The molecule has 3 rings (SSSR count). The van der Waals surface area contributed by atoms with Crippen molar-refractivity contribution in [2.45, 2.75) is 25.5 Å². The standard InChI is InChI=1S/C18H24ClN3O2/c1-22-16(7-8-21-22)18-14(4-3-9-24-18)12-20-11-13-5-6-15(19)17(10-13)23-2/h5-8,10,14,18,20H,3-4,9,11-12H2,1-2H3/t14-,18+/m0/s1. The molecule has 0 saturated carbocycles. The second-order valence-corrected chi connectivity index (χ2v) is 6.58. The van der Waals surface area contributed by atoms with Crippen molar-refractivity contribution in [2.75, 3.05) is 20.3 Å². The van der Waals surface area contributed by atoms with Gasteiger partial charge in [-0.2, -0.15) is 5.10 Å². The van der Waals surface area contributed by atoms with Crippen molar-refractivity contribution >= 4 is 11.6 Å². The highest BCUT2D eigenvalue weighted by Crippen LogP contribution is 2.33. The molecule has 2 heterocycles. The third kappa shape index (κ3) is 3.91. The predicted octanol–water partition coefficient (Wildman–Crippen LogP) is 3.34. The van der Waals surface area contributed by atoms with Crippen molar-refractivity contribution in [3.8, 4) is 5.75 Å². The van der Waals surface area contributed by atoms with Gasteiger partial charge in [0, 0.05) is 38.9 Å². The van der Waals surface area contributed by atoms with Crippen LogP contribution in [0.4, 0.5) is 0 Å². The second-order valence-electron chi connectivity index (χ2n) is 6.17. The Kier molecular flexibility index (Phi) is 5.76. The molecule has 5 nitrogen and oxygen atoms in total. The summed E-state index contributed by atoms with van der Waals surface area (Å²) in [6.07, 6.45) is 4.21. The minimum Gasteiger partial charge on any atom is -0.495 e. The zero-order valence-corrected chi connectivity index (χ0v) is 14.9. The third-order valence-electron chi connectivity index (χ3n) is 4.55. The average Bonchev–Trinajstić information content (AvgIpc) is 3.02. The van der Waals surface area contributed by atoms with Gasteiger partial charge >= 0.3 is 0 Å². The monoisotopic (exact) mass is 349 g/mol. The Morgan fingerprint density at radius 1 is 1.42 bits per heavy atom. The van der Waals surface area contributed by atoms with Gasteiger partial charge in [0.05, 0.1) is 17.8 Å². The van der Waals surface area contributed by atoms with Gasteiger partial charge in [0.1, 0.15) is 11.9 Å². The zero-order chi connectivity index (χ0) is 16.9. The summed E-state index contributed by atoms with van der Waals surface area (Å²) in [4.78, 5) is 0. The van der Waals surface area contributed by atoms with Gasteiger partial charge in [-0.05, 0) is 36.6 Å². The molecule has 6 heteroatoms. The fourth-order valence-electron chi connectivity index (χ4n) is 3.26. The molecule has 0 unspecified atom stereocenters. The van der Waals surface area contributed by atoms with Crippen LogP contribution in [0.25, 0.3) is 0 Å². The van der Waals surface area contributed by atoms with Gasteiger partial charge in [0.2, 0.25) is 0 Å². The van der Waals surface area contributed by atoms with E-state index in [1.54, 1.807) is 7.11 Å². The van der Waals surface area contributed by atoms with Crippen molar-refractivity contribution in [3.63, 3.8) is 0 Å². The molecular formula is C18H24ClN3O2. The van der Waals surface area contributed by atoms with Crippen LogP contribution < -0.4 is 10.1 Å². The number of benzene rings is 1. The first kappa shape index (κ1) is 17.3. The minimum atomic E-state index is 0.110. The summed E-state index contributed by atoms with van der Waals surface area (Å²) in [5.41, 5.74) is 2.31. The number of hydrogen-bond donors (Lipinski definition) is 1. The number of nitrogens with one attached hydrogen (secondary N) is 1. The number of hydrogen-bond acceptors (Lipinski definition) is 4. The molecule has 2 atom stereocenters. The van der Waals surface area contributed by atoms with Crippen LogP contribution in [0.5, 0.6) is 5.75 Å². The molecule has 2 aromatic rings. The maximum atomic E-state index is 6.07. The van der Waals surface area contributed by atoms with E-state index in [2.05, 4.69) is 10.4 Å². The summed E-state index contributed by atoms with van der Waals surface area (Å²) in [7, 11) is 3.61. The average molecular weight is 350 g/mol. The van der Waals surface area contributed by atoms with E-state index >= 15 is 0 Å². The highest BCUT2D eigenvalue weighted by Gasteiger charge is 2.29. The number of aryl methyl sites for hydroxylation is 1. The summed E-state index contributed by atoms with van der Waals surface area (Å²) < 4.78 is 13.2. The molecule has 1 aromatic carbocycles. The molecule has 0 spiro atoms. The summed E-state index contributed by atoms with van der Waals surface area (Å²) in [5, 5.41) is 8.45. The minimum absolute atomic E-state index is 0.110. The van der Waals surface area contributed by atoms with Crippen molar-refractivity contribution in [1.29, 1.82) is 0 Å². The maximum Gasteiger partial charge on any atom is 0.137 e. The number of nitrogens with zero attached hydrogens (tertiary/aromatic N) is 2. The highest BCUT2D eigenvalue weighted by molar-refractivity contribution is 6.32. The van der Waals surface area contributed by atoms with Crippen LogP contribution in [0, 0.1) is 5.92 Å². The lowest BCUT2D eigenvalue weighted by molar-refractivity contribution is -0.0323. The first-order chi connectivity index (χ1) is 11.7. The van der Waals surface area contributed by atoms with Crippen LogP contribution in [-0.2, 0) is 18.3 Å². The number of halogens is 1. The van der Waals surface area contributed by atoms with E-state index < -0.39 is 0 Å². The maximum absolute atomic E-state index is 6.07. The predicted molar refractivity (Wildman–Crippen MR) is 94.3 cm³/mol. The Morgan fingerprint density at radius 3 is 3.04 bits per heavy atom. The largest absolute Gasteiger partial charge is 0.495 e. The van der Waals surface area contributed by atoms with E-state index in [9.17, 15) is 0 Å². The summed E-state index contributed by atoms with van der Waals surface area (Å²) >= 11 is 6.07. The number of aromatic nitrogens is 2. The van der Waals surface area contributed by atoms with Crippen LogP contribution in [0.15, 0.2) is 30.5 Å². The Morgan fingerprint density at radius 2 is 2.29 bits per heavy atom. The molecule has 1 saturated heterocycles. The normalized spacial score (nSPS) is 21.0. The Bertz CT molecular complexity index is 674. The molecule has 0 radical (unpaired) electrons. The van der Waals surface area contributed by atoms with Crippen molar-refractivity contribution in [1.82, 2.24) is 15.1 Å². The van der Waals surface area contributed by atoms with Gasteiger partial charge < -0.3 is 14.8 Å². The molecule has 130 valence electrons. The van der Waals surface area contributed by atoms with E-state index in [0.717, 1.165) is 43.8 Å². The quantitative estimate of drug-likeness (QED) is 0.869. The van der Waals surface area contributed by atoms with E-state index in [1.165, 1.54) is 0 Å². The summed E-state index contributed by atoms with van der Waals surface area (Å²) in [6, 6.07) is 7.92. The molecule has 24 heavy (non-hydrogen) atoms. The molecular weight excluding hydrogens is 326 g/mol. The van der Waals surface area contributed by atoms with Gasteiger partial charge in [0.15, 0.2) is 0 Å². The summed E-state index contributed by atoms with van der Waals surface area (Å²) in [6.45, 7) is 2.50. The number of rotatable bonds is 6. The zero-order valence-electron chi connectivity index (χ0n) is 14.2. The van der Waals surface area contributed by atoms with E-state index in [0.29, 0.717) is 16.7 Å². The third-order valence-corrected chi connectivity index (χ3v) is 4.86. The van der Waals surface area contributed by atoms with Gasteiger partial charge in [0.25, 0.3) is 0 Å². The Balaban J connectivity index is 1.59. The molecule has 0 bridgehead atoms. The van der Waals surface area contributed by atoms with E-state index in [1.807, 2.05) is 42.2 Å². The molecule has 0 aliphatic carbocycles. The number of ether oxygens (including phenoxy) is 2. The molecule has 0 amide bonds.